The minimum atomic E-state index is -0.537. The molecule has 0 heterocycles. The predicted octanol–water partition coefficient (Wildman–Crippen LogP) is -0.484. The molecule has 0 saturated carbocycles. The number of carbonyl (C=O) groups excluding carboxylic acids is 2. The van der Waals surface area contributed by atoms with Crippen molar-refractivity contribution < 1.29 is 9.59 Å². The Balaban J connectivity index is 4.28. The Kier molecular flexibility index (Phi) is 5.28. The van der Waals surface area contributed by atoms with Crippen molar-refractivity contribution in [1.29, 1.82) is 0 Å². The lowest BCUT2D eigenvalue weighted by molar-refractivity contribution is -0.139. The largest absolute Gasteiger partial charge is 0.347 e. The molecule has 0 unspecified atom stereocenters. The Bertz CT molecular complexity index is 239. The highest BCUT2D eigenvalue weighted by Crippen LogP contribution is 2.02. The van der Waals surface area contributed by atoms with Gasteiger partial charge in [0.25, 0.3) is 0 Å². The molecule has 0 aromatic rings. The Morgan fingerprint density at radius 3 is 2.00 bits per heavy atom. The Labute approximate surface area is 91.2 Å². The van der Waals surface area contributed by atoms with Gasteiger partial charge in [-0.1, -0.05) is 13.8 Å². The van der Waals surface area contributed by atoms with Crippen LogP contribution in [0.25, 0.3) is 0 Å². The number of likely N-dealkylation sites (N-methyl/N-ethyl adjacent to an activating group) is 2. The first-order valence-electron chi connectivity index (χ1n) is 4.98. The fraction of sp³-hybridized carbons (Fsp3) is 0.800. The fourth-order valence-corrected chi connectivity index (χ4v) is 0.962. The Morgan fingerprint density at radius 2 is 1.67 bits per heavy atom. The number of hydrogen-bond acceptors (Lipinski definition) is 3. The smallest absolute Gasteiger partial charge is 0.241 e. The van der Waals surface area contributed by atoms with Crippen molar-refractivity contribution in [3.8, 4) is 0 Å². The standard InChI is InChI=1S/C10H21N3O2/c1-7(2)9(11)10(15)13(5)6-8(14)12(3)4/h7,9H,6,11H2,1-5H3/t9-/m1/s1. The molecule has 15 heavy (non-hydrogen) atoms. The van der Waals surface area contributed by atoms with E-state index in [-0.39, 0.29) is 24.3 Å². The second kappa shape index (κ2) is 5.70. The monoisotopic (exact) mass is 215 g/mol. The van der Waals surface area contributed by atoms with Crippen LogP contribution in [0.4, 0.5) is 0 Å². The van der Waals surface area contributed by atoms with E-state index in [2.05, 4.69) is 0 Å². The van der Waals surface area contributed by atoms with Crippen LogP contribution in [0.15, 0.2) is 0 Å². The van der Waals surface area contributed by atoms with Crippen molar-refractivity contribution in [1.82, 2.24) is 9.80 Å². The summed E-state index contributed by atoms with van der Waals surface area (Å²) < 4.78 is 0. The van der Waals surface area contributed by atoms with Gasteiger partial charge in [-0.2, -0.15) is 0 Å². The third kappa shape index (κ3) is 4.29. The lowest BCUT2D eigenvalue weighted by atomic mass is 10.0. The fourth-order valence-electron chi connectivity index (χ4n) is 0.962. The van der Waals surface area contributed by atoms with E-state index >= 15 is 0 Å². The van der Waals surface area contributed by atoms with Crippen LogP contribution < -0.4 is 5.73 Å². The van der Waals surface area contributed by atoms with Gasteiger partial charge >= 0.3 is 0 Å². The summed E-state index contributed by atoms with van der Waals surface area (Å²) in [5.41, 5.74) is 5.70. The lowest BCUT2D eigenvalue weighted by Crippen LogP contribution is -2.47. The molecule has 2 amide bonds. The third-order valence-electron chi connectivity index (χ3n) is 2.25. The molecular weight excluding hydrogens is 194 g/mol. The highest BCUT2D eigenvalue weighted by Gasteiger charge is 2.22. The van der Waals surface area contributed by atoms with Crippen LogP contribution in [-0.2, 0) is 9.59 Å². The molecule has 0 saturated heterocycles. The minimum Gasteiger partial charge on any atom is -0.347 e. The summed E-state index contributed by atoms with van der Waals surface area (Å²) in [5, 5.41) is 0. The zero-order chi connectivity index (χ0) is 12.2. The van der Waals surface area contributed by atoms with Crippen molar-refractivity contribution in [3.05, 3.63) is 0 Å². The molecule has 2 N–H and O–H groups in total. The Hall–Kier alpha value is -1.10. The molecule has 0 aliphatic carbocycles. The van der Waals surface area contributed by atoms with Gasteiger partial charge in [-0.25, -0.2) is 0 Å². The maximum atomic E-state index is 11.7. The lowest BCUT2D eigenvalue weighted by Gasteiger charge is -2.24. The number of nitrogens with zero attached hydrogens (tertiary/aromatic N) is 2. The van der Waals surface area contributed by atoms with Gasteiger partial charge in [0, 0.05) is 21.1 Å². The molecular formula is C10H21N3O2. The van der Waals surface area contributed by atoms with Gasteiger partial charge in [-0.3, -0.25) is 9.59 Å². The molecule has 0 bridgehead atoms. The Morgan fingerprint density at radius 1 is 1.20 bits per heavy atom. The van der Waals surface area contributed by atoms with Crippen LogP contribution in [0.5, 0.6) is 0 Å². The zero-order valence-electron chi connectivity index (χ0n) is 10.2. The summed E-state index contributed by atoms with van der Waals surface area (Å²) in [7, 11) is 4.90. The van der Waals surface area contributed by atoms with Gasteiger partial charge in [0.05, 0.1) is 12.6 Å². The summed E-state index contributed by atoms with van der Waals surface area (Å²) in [6.07, 6.45) is 0. The van der Waals surface area contributed by atoms with Crippen molar-refractivity contribution in [2.75, 3.05) is 27.7 Å². The zero-order valence-corrected chi connectivity index (χ0v) is 10.2. The molecule has 0 fully saturated rings. The van der Waals surface area contributed by atoms with Gasteiger partial charge in [0.15, 0.2) is 0 Å². The van der Waals surface area contributed by atoms with E-state index in [1.165, 1.54) is 9.80 Å². The van der Waals surface area contributed by atoms with Crippen LogP contribution in [0.3, 0.4) is 0 Å². The summed E-state index contributed by atoms with van der Waals surface area (Å²) >= 11 is 0. The second-order valence-corrected chi connectivity index (χ2v) is 4.25. The number of hydrogen-bond donors (Lipinski definition) is 1. The van der Waals surface area contributed by atoms with Gasteiger partial charge in [0.1, 0.15) is 0 Å². The second-order valence-electron chi connectivity index (χ2n) is 4.25. The first-order chi connectivity index (χ1) is 6.77. The van der Waals surface area contributed by atoms with Crippen molar-refractivity contribution in [3.63, 3.8) is 0 Å². The molecule has 5 nitrogen and oxygen atoms in total. The van der Waals surface area contributed by atoms with E-state index in [0.717, 1.165) is 0 Å². The maximum absolute atomic E-state index is 11.7. The molecule has 0 aromatic heterocycles. The first kappa shape index (κ1) is 13.9. The highest BCUT2D eigenvalue weighted by molar-refractivity contribution is 5.87. The number of carbonyl (C=O) groups is 2. The molecule has 0 aliphatic heterocycles. The van der Waals surface area contributed by atoms with Crippen LogP contribution in [-0.4, -0.2) is 55.3 Å². The number of nitrogens with two attached hydrogens (primary N) is 1. The van der Waals surface area contributed by atoms with Crippen LogP contribution in [0.1, 0.15) is 13.8 Å². The molecule has 0 radical (unpaired) electrons. The predicted molar refractivity (Wildman–Crippen MR) is 59.1 cm³/mol. The first-order valence-corrected chi connectivity index (χ1v) is 4.98. The summed E-state index contributed by atoms with van der Waals surface area (Å²) in [5.74, 6) is -0.226. The molecule has 5 heteroatoms. The van der Waals surface area contributed by atoms with Crippen molar-refractivity contribution in [2.24, 2.45) is 11.7 Å². The summed E-state index contributed by atoms with van der Waals surface area (Å²) in [6.45, 7) is 3.83. The molecule has 0 aliphatic rings. The van der Waals surface area contributed by atoms with Gasteiger partial charge in [0.2, 0.25) is 11.8 Å². The van der Waals surface area contributed by atoms with E-state index in [4.69, 9.17) is 5.73 Å². The average Bonchev–Trinajstić information content (AvgIpc) is 2.14. The van der Waals surface area contributed by atoms with Crippen LogP contribution in [0, 0.1) is 5.92 Å². The van der Waals surface area contributed by atoms with E-state index in [0.29, 0.717) is 0 Å². The van der Waals surface area contributed by atoms with Gasteiger partial charge in [-0.05, 0) is 5.92 Å². The number of rotatable bonds is 4. The number of amides is 2. The van der Waals surface area contributed by atoms with Crippen LogP contribution in [0.2, 0.25) is 0 Å². The van der Waals surface area contributed by atoms with E-state index in [9.17, 15) is 9.59 Å². The topological polar surface area (TPSA) is 66.6 Å². The summed E-state index contributed by atoms with van der Waals surface area (Å²) in [4.78, 5) is 25.8. The van der Waals surface area contributed by atoms with Crippen LogP contribution >= 0.6 is 0 Å². The third-order valence-corrected chi connectivity index (χ3v) is 2.25. The quantitative estimate of drug-likeness (QED) is 0.688. The molecule has 0 rings (SSSR count). The average molecular weight is 215 g/mol. The molecule has 0 spiro atoms. The SMILES string of the molecule is CC(C)[C@@H](N)C(=O)N(C)CC(=O)N(C)C. The van der Waals surface area contributed by atoms with Gasteiger partial charge in [-0.15, -0.1) is 0 Å². The molecule has 1 atom stereocenters. The van der Waals surface area contributed by atoms with Crippen molar-refractivity contribution in [2.45, 2.75) is 19.9 Å². The van der Waals surface area contributed by atoms with Crippen molar-refractivity contribution >= 4 is 11.8 Å². The van der Waals surface area contributed by atoms with E-state index in [1.807, 2.05) is 13.8 Å². The maximum Gasteiger partial charge on any atom is 0.241 e. The van der Waals surface area contributed by atoms with E-state index < -0.39 is 6.04 Å². The molecule has 0 aromatic carbocycles. The normalized spacial score (nSPS) is 12.5. The highest BCUT2D eigenvalue weighted by atomic mass is 16.2. The van der Waals surface area contributed by atoms with Gasteiger partial charge < -0.3 is 15.5 Å². The minimum absolute atomic E-state index is 0.0756. The molecule has 88 valence electrons. The van der Waals surface area contributed by atoms with E-state index in [1.54, 1.807) is 21.1 Å². The summed E-state index contributed by atoms with van der Waals surface area (Å²) in [6, 6.07) is -0.537.